The highest BCUT2D eigenvalue weighted by molar-refractivity contribution is 4.74. The van der Waals surface area contributed by atoms with E-state index in [0.29, 0.717) is 5.92 Å². The highest BCUT2D eigenvalue weighted by atomic mass is 19.3. The summed E-state index contributed by atoms with van der Waals surface area (Å²) in [5.74, 6) is 0.708. The molecule has 2 nitrogen and oxygen atoms in total. The van der Waals surface area contributed by atoms with Crippen LogP contribution in [0.3, 0.4) is 0 Å². The van der Waals surface area contributed by atoms with E-state index >= 15 is 0 Å². The van der Waals surface area contributed by atoms with Gasteiger partial charge in [-0.15, -0.1) is 0 Å². The van der Waals surface area contributed by atoms with Gasteiger partial charge in [0.15, 0.2) is 0 Å². The van der Waals surface area contributed by atoms with Gasteiger partial charge in [0.1, 0.15) is 0 Å². The molecule has 1 aliphatic rings. The Hall–Kier alpha value is -0.220. The van der Waals surface area contributed by atoms with Crippen molar-refractivity contribution in [3.63, 3.8) is 0 Å². The second kappa shape index (κ2) is 4.62. The van der Waals surface area contributed by atoms with Crippen LogP contribution < -0.4 is 10.6 Å². The lowest BCUT2D eigenvalue weighted by atomic mass is 10.00. The molecule has 0 saturated carbocycles. The Kier molecular flexibility index (Phi) is 3.72. The Bertz CT molecular complexity index is 105. The molecule has 1 rings (SSSR count). The minimum Gasteiger partial charge on any atom is -0.316 e. The number of hydrogen-bond acceptors (Lipinski definition) is 2. The molecule has 4 heteroatoms. The number of rotatable bonds is 5. The van der Waals surface area contributed by atoms with Gasteiger partial charge in [0.25, 0.3) is 6.43 Å². The predicted molar refractivity (Wildman–Crippen MR) is 39.9 cm³/mol. The second-order valence-corrected chi connectivity index (χ2v) is 2.91. The summed E-state index contributed by atoms with van der Waals surface area (Å²) in [4.78, 5) is 0. The summed E-state index contributed by atoms with van der Waals surface area (Å²) in [7, 11) is 0. The summed E-state index contributed by atoms with van der Waals surface area (Å²) >= 11 is 0. The van der Waals surface area contributed by atoms with Crippen LogP contribution in [0.1, 0.15) is 6.42 Å². The van der Waals surface area contributed by atoms with Crippen LogP contribution in [-0.4, -0.2) is 32.6 Å². The van der Waals surface area contributed by atoms with E-state index in [1.807, 2.05) is 0 Å². The standard InChI is InChI=1S/C7H14F2N2/c8-7(9)5-10-2-1-6-3-11-4-6/h6-7,10-11H,1-5H2. The quantitative estimate of drug-likeness (QED) is 0.576. The summed E-state index contributed by atoms with van der Waals surface area (Å²) in [6, 6.07) is 0. The van der Waals surface area contributed by atoms with Gasteiger partial charge in [-0.05, 0) is 32.0 Å². The molecule has 0 radical (unpaired) electrons. The van der Waals surface area contributed by atoms with E-state index in [1.54, 1.807) is 0 Å². The van der Waals surface area contributed by atoms with Gasteiger partial charge < -0.3 is 10.6 Å². The molecule has 1 saturated heterocycles. The van der Waals surface area contributed by atoms with E-state index in [0.717, 1.165) is 26.1 Å². The predicted octanol–water partition coefficient (Wildman–Crippen LogP) is 0.451. The van der Waals surface area contributed by atoms with Gasteiger partial charge in [-0.2, -0.15) is 0 Å². The molecule has 0 unspecified atom stereocenters. The maximum atomic E-state index is 11.6. The minimum atomic E-state index is -2.21. The maximum Gasteiger partial charge on any atom is 0.250 e. The van der Waals surface area contributed by atoms with E-state index in [1.165, 1.54) is 0 Å². The molecular weight excluding hydrogens is 150 g/mol. The lowest BCUT2D eigenvalue weighted by Gasteiger charge is -2.26. The molecule has 0 aromatic rings. The molecule has 0 aromatic carbocycles. The van der Waals surface area contributed by atoms with Crippen LogP contribution in [0.25, 0.3) is 0 Å². The monoisotopic (exact) mass is 164 g/mol. The fourth-order valence-electron chi connectivity index (χ4n) is 1.07. The van der Waals surface area contributed by atoms with Gasteiger partial charge in [-0.1, -0.05) is 0 Å². The minimum absolute atomic E-state index is 0.167. The zero-order valence-corrected chi connectivity index (χ0v) is 6.45. The Morgan fingerprint density at radius 3 is 2.64 bits per heavy atom. The average molecular weight is 164 g/mol. The summed E-state index contributed by atoms with van der Waals surface area (Å²) in [5.41, 5.74) is 0. The van der Waals surface area contributed by atoms with E-state index < -0.39 is 6.43 Å². The van der Waals surface area contributed by atoms with Crippen molar-refractivity contribution in [2.75, 3.05) is 26.2 Å². The van der Waals surface area contributed by atoms with Crippen LogP contribution in [0.5, 0.6) is 0 Å². The molecule has 1 fully saturated rings. The Morgan fingerprint density at radius 1 is 1.45 bits per heavy atom. The van der Waals surface area contributed by atoms with Gasteiger partial charge in [-0.3, -0.25) is 0 Å². The first kappa shape index (κ1) is 8.87. The van der Waals surface area contributed by atoms with Crippen molar-refractivity contribution in [2.24, 2.45) is 5.92 Å². The zero-order valence-electron chi connectivity index (χ0n) is 6.45. The van der Waals surface area contributed by atoms with Crippen LogP contribution in [0.2, 0.25) is 0 Å². The molecule has 0 aromatic heterocycles. The van der Waals surface area contributed by atoms with Gasteiger partial charge in [0, 0.05) is 0 Å². The maximum absolute atomic E-state index is 11.6. The molecule has 2 N–H and O–H groups in total. The smallest absolute Gasteiger partial charge is 0.250 e. The van der Waals surface area contributed by atoms with Crippen molar-refractivity contribution in [1.29, 1.82) is 0 Å². The van der Waals surface area contributed by atoms with Crippen LogP contribution in [0.4, 0.5) is 8.78 Å². The highest BCUT2D eigenvalue weighted by Crippen LogP contribution is 2.06. The molecule has 0 amide bonds. The Labute approximate surface area is 65.4 Å². The van der Waals surface area contributed by atoms with Crippen molar-refractivity contribution in [1.82, 2.24) is 10.6 Å². The van der Waals surface area contributed by atoms with E-state index in [9.17, 15) is 8.78 Å². The Balaban J connectivity index is 1.80. The second-order valence-electron chi connectivity index (χ2n) is 2.91. The van der Waals surface area contributed by atoms with Crippen LogP contribution in [0, 0.1) is 5.92 Å². The van der Waals surface area contributed by atoms with Crippen LogP contribution >= 0.6 is 0 Å². The van der Waals surface area contributed by atoms with Gasteiger partial charge >= 0.3 is 0 Å². The molecule has 0 spiro atoms. The summed E-state index contributed by atoms with van der Waals surface area (Å²) in [6.07, 6.45) is -1.20. The number of hydrogen-bond donors (Lipinski definition) is 2. The SMILES string of the molecule is FC(F)CNCCC1CNC1. The molecule has 11 heavy (non-hydrogen) atoms. The molecule has 1 aliphatic heterocycles. The summed E-state index contributed by atoms with van der Waals surface area (Å²) in [6.45, 7) is 2.66. The summed E-state index contributed by atoms with van der Waals surface area (Å²) in [5, 5.41) is 5.84. The zero-order chi connectivity index (χ0) is 8.10. The first-order valence-electron chi connectivity index (χ1n) is 3.98. The van der Waals surface area contributed by atoms with Crippen LogP contribution in [0.15, 0.2) is 0 Å². The molecule has 1 heterocycles. The third kappa shape index (κ3) is 3.62. The van der Waals surface area contributed by atoms with Crippen molar-refractivity contribution in [2.45, 2.75) is 12.8 Å². The van der Waals surface area contributed by atoms with Crippen molar-refractivity contribution in [3.8, 4) is 0 Å². The Morgan fingerprint density at radius 2 is 2.18 bits per heavy atom. The summed E-state index contributed by atoms with van der Waals surface area (Å²) < 4.78 is 23.2. The van der Waals surface area contributed by atoms with Crippen molar-refractivity contribution in [3.05, 3.63) is 0 Å². The fourth-order valence-corrected chi connectivity index (χ4v) is 1.07. The molecule has 0 atom stereocenters. The first-order valence-corrected chi connectivity index (χ1v) is 3.98. The molecule has 0 bridgehead atoms. The third-order valence-electron chi connectivity index (χ3n) is 1.89. The van der Waals surface area contributed by atoms with Crippen molar-refractivity contribution < 1.29 is 8.78 Å². The lowest BCUT2D eigenvalue weighted by Crippen LogP contribution is -2.43. The normalized spacial score (nSPS) is 18.8. The largest absolute Gasteiger partial charge is 0.316 e. The van der Waals surface area contributed by atoms with Gasteiger partial charge in [0.2, 0.25) is 0 Å². The average Bonchev–Trinajstić information content (AvgIpc) is 1.82. The fraction of sp³-hybridized carbons (Fsp3) is 1.00. The lowest BCUT2D eigenvalue weighted by molar-refractivity contribution is 0.144. The number of nitrogens with one attached hydrogen (secondary N) is 2. The van der Waals surface area contributed by atoms with E-state index in [-0.39, 0.29) is 6.54 Å². The van der Waals surface area contributed by atoms with E-state index in [2.05, 4.69) is 10.6 Å². The third-order valence-corrected chi connectivity index (χ3v) is 1.89. The van der Waals surface area contributed by atoms with Crippen molar-refractivity contribution >= 4 is 0 Å². The number of halogens is 2. The number of alkyl halides is 2. The molecule has 0 aliphatic carbocycles. The first-order chi connectivity index (χ1) is 5.29. The van der Waals surface area contributed by atoms with E-state index in [4.69, 9.17) is 0 Å². The topological polar surface area (TPSA) is 24.1 Å². The molecular formula is C7H14F2N2. The van der Waals surface area contributed by atoms with Gasteiger partial charge in [-0.25, -0.2) is 8.78 Å². The highest BCUT2D eigenvalue weighted by Gasteiger charge is 2.15. The van der Waals surface area contributed by atoms with Gasteiger partial charge in [0.05, 0.1) is 6.54 Å². The van der Waals surface area contributed by atoms with Crippen LogP contribution in [-0.2, 0) is 0 Å². The molecule has 66 valence electrons.